The topological polar surface area (TPSA) is 137 Å². The van der Waals surface area contributed by atoms with Crippen molar-refractivity contribution in [2.45, 2.75) is 149 Å². The summed E-state index contributed by atoms with van der Waals surface area (Å²) in [5.41, 5.74) is -0.603. The number of thiocarbonyl (C=S) groups is 1. The molecule has 1 aliphatic rings. The van der Waals surface area contributed by atoms with Gasteiger partial charge >= 0.3 is 0 Å². The molecule has 0 aromatic rings. The summed E-state index contributed by atoms with van der Waals surface area (Å²) >= 11 is 5.65. The minimum absolute atomic E-state index is 0.0187. The molecule has 8 N–H and O–H groups in total. The van der Waals surface area contributed by atoms with E-state index in [9.17, 15) is 25.5 Å². The maximum Gasteiger partial charge on any atom is 0.167 e. The van der Waals surface area contributed by atoms with Crippen molar-refractivity contribution in [3.05, 3.63) is 12.2 Å². The second kappa shape index (κ2) is 14.4. The standard InChI is InChI=1S/C30H59N3O5S/c1-27(2,3)17-29(7,8)23(36)15-22(35)20(32-26(39)33-30(9,10)18-28(4,5)6)16-31-19-13-11-12-14-21(34)25(38)24(19)37/h11,13,19-25,31,34-38H,12,14-18H2,1-10H3,(H2,32,33,39). The molecule has 0 bridgehead atoms. The monoisotopic (exact) mass is 573 g/mol. The lowest BCUT2D eigenvalue weighted by atomic mass is 9.71. The molecule has 1 aliphatic carbocycles. The van der Waals surface area contributed by atoms with E-state index in [1.807, 2.05) is 19.9 Å². The van der Waals surface area contributed by atoms with Crippen molar-refractivity contribution < 1.29 is 25.5 Å². The summed E-state index contributed by atoms with van der Waals surface area (Å²) in [5, 5.41) is 63.9. The first kappa shape index (κ1) is 36.2. The Morgan fingerprint density at radius 1 is 0.897 bits per heavy atom. The number of allylic oxidation sites excluding steroid dienone is 1. The van der Waals surface area contributed by atoms with Crippen LogP contribution in [0.3, 0.4) is 0 Å². The van der Waals surface area contributed by atoms with Crippen molar-refractivity contribution >= 4 is 17.3 Å². The van der Waals surface area contributed by atoms with Crippen LogP contribution in [0.4, 0.5) is 0 Å². The summed E-state index contributed by atoms with van der Waals surface area (Å²) in [5.74, 6) is 0. The lowest BCUT2D eigenvalue weighted by molar-refractivity contribution is -0.0705. The molecule has 9 heteroatoms. The van der Waals surface area contributed by atoms with Gasteiger partial charge < -0.3 is 41.5 Å². The summed E-state index contributed by atoms with van der Waals surface area (Å²) in [6.45, 7) is 21.3. The minimum Gasteiger partial charge on any atom is -0.392 e. The van der Waals surface area contributed by atoms with E-state index in [0.717, 1.165) is 12.8 Å². The zero-order valence-electron chi connectivity index (χ0n) is 26.1. The van der Waals surface area contributed by atoms with Gasteiger partial charge in [0.1, 0.15) is 12.2 Å². The first-order valence-corrected chi connectivity index (χ1v) is 14.8. The van der Waals surface area contributed by atoms with Crippen LogP contribution in [0.5, 0.6) is 0 Å². The minimum atomic E-state index is -1.29. The van der Waals surface area contributed by atoms with Gasteiger partial charge in [-0.2, -0.15) is 0 Å². The Balaban J connectivity index is 3.08. The van der Waals surface area contributed by atoms with E-state index in [2.05, 4.69) is 71.3 Å². The Morgan fingerprint density at radius 3 is 2.00 bits per heavy atom. The van der Waals surface area contributed by atoms with E-state index in [4.69, 9.17) is 12.2 Å². The Kier molecular flexibility index (Phi) is 13.4. The van der Waals surface area contributed by atoms with Gasteiger partial charge in [0, 0.05) is 18.5 Å². The fourth-order valence-electron chi connectivity index (χ4n) is 6.05. The number of hydrogen-bond acceptors (Lipinski definition) is 7. The molecule has 8 nitrogen and oxygen atoms in total. The molecule has 0 radical (unpaired) electrons. The van der Waals surface area contributed by atoms with Gasteiger partial charge in [-0.3, -0.25) is 0 Å². The third-order valence-electron chi connectivity index (χ3n) is 7.22. The summed E-state index contributed by atoms with van der Waals surface area (Å²) in [7, 11) is 0. The summed E-state index contributed by atoms with van der Waals surface area (Å²) < 4.78 is 0. The average Bonchev–Trinajstić information content (AvgIpc) is 2.71. The van der Waals surface area contributed by atoms with Crippen LogP contribution in [0.15, 0.2) is 12.2 Å². The molecule has 0 saturated heterocycles. The SMILES string of the molecule is CC(C)(C)CC(C)(C)NC(=S)NC(CNC1C=CCCC(O)C(O)C1O)C(O)CC(O)C(C)(C)CC(C)(C)C. The molecule has 0 aromatic carbocycles. The molecule has 1 rings (SSSR count). The maximum atomic E-state index is 11.3. The van der Waals surface area contributed by atoms with E-state index >= 15 is 0 Å². The van der Waals surface area contributed by atoms with Crippen molar-refractivity contribution in [2.75, 3.05) is 6.54 Å². The molecule has 7 unspecified atom stereocenters. The third kappa shape index (κ3) is 13.6. The second-order valence-corrected chi connectivity index (χ2v) is 15.8. The highest BCUT2D eigenvalue weighted by atomic mass is 32.1. The van der Waals surface area contributed by atoms with Gasteiger partial charge in [0.15, 0.2) is 5.11 Å². The van der Waals surface area contributed by atoms with Crippen LogP contribution in [0, 0.1) is 16.2 Å². The molecular weight excluding hydrogens is 514 g/mol. The number of hydrogen-bond donors (Lipinski definition) is 8. The first-order valence-electron chi connectivity index (χ1n) is 14.4. The van der Waals surface area contributed by atoms with Gasteiger partial charge in [0.2, 0.25) is 0 Å². The van der Waals surface area contributed by atoms with E-state index in [1.165, 1.54) is 0 Å². The average molecular weight is 574 g/mol. The number of aliphatic hydroxyl groups excluding tert-OH is 5. The van der Waals surface area contributed by atoms with E-state index in [1.54, 1.807) is 6.08 Å². The van der Waals surface area contributed by atoms with Crippen LogP contribution in [0.25, 0.3) is 0 Å². The molecule has 0 aliphatic heterocycles. The molecule has 0 aromatic heterocycles. The van der Waals surface area contributed by atoms with Crippen molar-refractivity contribution in [1.29, 1.82) is 0 Å². The lowest BCUT2D eigenvalue weighted by Gasteiger charge is -2.39. The molecule has 0 fully saturated rings. The zero-order chi connectivity index (χ0) is 30.4. The fourth-order valence-corrected chi connectivity index (χ4v) is 6.48. The van der Waals surface area contributed by atoms with Crippen LogP contribution in [-0.2, 0) is 0 Å². The molecule has 0 spiro atoms. The highest BCUT2D eigenvalue weighted by Crippen LogP contribution is 2.37. The van der Waals surface area contributed by atoms with Crippen LogP contribution in [-0.4, -0.2) is 85.3 Å². The molecule has 39 heavy (non-hydrogen) atoms. The highest BCUT2D eigenvalue weighted by molar-refractivity contribution is 7.80. The van der Waals surface area contributed by atoms with Gasteiger partial charge in [-0.1, -0.05) is 67.5 Å². The van der Waals surface area contributed by atoms with Crippen molar-refractivity contribution in [1.82, 2.24) is 16.0 Å². The van der Waals surface area contributed by atoms with Gasteiger partial charge in [-0.25, -0.2) is 0 Å². The molecule has 0 heterocycles. The predicted octanol–water partition coefficient (Wildman–Crippen LogP) is 3.00. The van der Waals surface area contributed by atoms with E-state index in [0.29, 0.717) is 18.0 Å². The number of aliphatic hydroxyl groups is 5. The Morgan fingerprint density at radius 2 is 1.46 bits per heavy atom. The van der Waals surface area contributed by atoms with E-state index in [-0.39, 0.29) is 29.3 Å². The highest BCUT2D eigenvalue weighted by Gasteiger charge is 2.37. The first-order chi connectivity index (χ1) is 17.5. The van der Waals surface area contributed by atoms with Crippen LogP contribution >= 0.6 is 12.2 Å². The zero-order valence-corrected chi connectivity index (χ0v) is 26.9. The molecular formula is C30H59N3O5S. The normalized spacial score (nSPS) is 25.8. The molecule has 7 atom stereocenters. The predicted molar refractivity (Wildman–Crippen MR) is 163 cm³/mol. The Labute approximate surface area is 243 Å². The van der Waals surface area contributed by atoms with Crippen molar-refractivity contribution in [3.63, 3.8) is 0 Å². The number of nitrogens with one attached hydrogen (secondary N) is 3. The van der Waals surface area contributed by atoms with Crippen molar-refractivity contribution in [2.24, 2.45) is 16.2 Å². The summed E-state index contributed by atoms with van der Waals surface area (Å²) in [6.07, 6.45) is 1.17. The Bertz CT molecular complexity index is 790. The van der Waals surface area contributed by atoms with Gasteiger partial charge in [0.05, 0.1) is 30.4 Å². The lowest BCUT2D eigenvalue weighted by Crippen LogP contribution is -2.59. The third-order valence-corrected chi connectivity index (χ3v) is 7.44. The molecule has 230 valence electrons. The van der Waals surface area contributed by atoms with Gasteiger partial charge in [-0.05, 0) is 68.0 Å². The van der Waals surface area contributed by atoms with Crippen LogP contribution in [0.1, 0.15) is 101 Å². The fraction of sp³-hybridized carbons (Fsp3) is 0.900. The maximum absolute atomic E-state index is 11.3. The summed E-state index contributed by atoms with van der Waals surface area (Å²) in [4.78, 5) is 0. The largest absolute Gasteiger partial charge is 0.392 e. The van der Waals surface area contributed by atoms with Crippen molar-refractivity contribution in [3.8, 4) is 0 Å². The van der Waals surface area contributed by atoms with Crippen LogP contribution in [0.2, 0.25) is 0 Å². The summed E-state index contributed by atoms with van der Waals surface area (Å²) in [6, 6.07) is -1.23. The molecule has 0 saturated carbocycles. The molecule has 0 amide bonds. The number of rotatable bonds is 11. The second-order valence-electron chi connectivity index (χ2n) is 15.4. The van der Waals surface area contributed by atoms with E-state index < -0.39 is 48.0 Å². The quantitative estimate of drug-likeness (QED) is 0.139. The smallest absolute Gasteiger partial charge is 0.167 e. The Hall–Kier alpha value is -0.810. The van der Waals surface area contributed by atoms with Crippen LogP contribution < -0.4 is 16.0 Å². The van der Waals surface area contributed by atoms with Gasteiger partial charge in [-0.15, -0.1) is 0 Å². The van der Waals surface area contributed by atoms with Gasteiger partial charge in [0.25, 0.3) is 0 Å².